The second-order valence-corrected chi connectivity index (χ2v) is 7.48. The fraction of sp³-hybridized carbons (Fsp3) is 0.550. The van der Waals surface area contributed by atoms with Gasteiger partial charge in [0, 0.05) is 17.5 Å². The molecule has 1 aromatic carbocycles. The minimum absolute atomic E-state index is 0.162. The van der Waals surface area contributed by atoms with Crippen LogP contribution in [0, 0.1) is 5.92 Å². The molecule has 0 amide bonds. The third-order valence-electron chi connectivity index (χ3n) is 6.08. The van der Waals surface area contributed by atoms with Crippen LogP contribution >= 0.6 is 0 Å². The normalized spacial score (nSPS) is 23.3. The molecule has 1 atom stereocenters. The molecule has 1 spiro atoms. The Labute approximate surface area is 147 Å². The maximum Gasteiger partial charge on any atom is 0.307 e. The zero-order chi connectivity index (χ0) is 17.4. The van der Waals surface area contributed by atoms with Crippen molar-refractivity contribution in [2.75, 3.05) is 13.7 Å². The summed E-state index contributed by atoms with van der Waals surface area (Å²) in [4.78, 5) is 13.9. The predicted molar refractivity (Wildman–Crippen MR) is 94.7 cm³/mol. The summed E-state index contributed by atoms with van der Waals surface area (Å²) in [5, 5.41) is 10.5. The molecular formula is C20H25NO4. The molecule has 2 heterocycles. The lowest BCUT2D eigenvalue weighted by Crippen LogP contribution is -2.53. The Kier molecular flexibility index (Phi) is 4.20. The van der Waals surface area contributed by atoms with Crippen LogP contribution in [-0.2, 0) is 11.3 Å². The Morgan fingerprint density at radius 1 is 1.36 bits per heavy atom. The summed E-state index contributed by atoms with van der Waals surface area (Å²) in [5.74, 6) is 0.674. The average Bonchev–Trinajstić information content (AvgIpc) is 3.23. The number of ether oxygens (including phenoxy) is 1. The molecule has 4 rings (SSSR count). The molecule has 2 aromatic rings. The van der Waals surface area contributed by atoms with E-state index in [-0.39, 0.29) is 11.5 Å². The third kappa shape index (κ3) is 2.91. The van der Waals surface area contributed by atoms with Crippen molar-refractivity contribution in [3.05, 3.63) is 30.0 Å². The molecule has 1 aliphatic heterocycles. The van der Waals surface area contributed by atoms with Crippen molar-refractivity contribution < 1.29 is 19.1 Å². The summed E-state index contributed by atoms with van der Waals surface area (Å²) in [7, 11) is 1.65. The maximum absolute atomic E-state index is 11.5. The lowest BCUT2D eigenvalue weighted by Gasteiger charge is -2.46. The predicted octanol–water partition coefficient (Wildman–Crippen LogP) is 4.05. The first-order valence-electron chi connectivity index (χ1n) is 9.15. The number of carboxylic acids is 1. The number of hydrogen-bond acceptors (Lipinski definition) is 4. The second-order valence-electron chi connectivity index (χ2n) is 7.48. The number of para-hydroxylation sites is 1. The number of nitrogens with zero attached hydrogens (tertiary/aromatic N) is 1. The van der Waals surface area contributed by atoms with E-state index >= 15 is 0 Å². The zero-order valence-corrected chi connectivity index (χ0v) is 14.7. The average molecular weight is 343 g/mol. The summed E-state index contributed by atoms with van der Waals surface area (Å²) in [6, 6.07) is 7.94. The number of piperidine rings is 1. The quantitative estimate of drug-likeness (QED) is 0.907. The molecule has 5 heteroatoms. The lowest BCUT2D eigenvalue weighted by atomic mass is 9.80. The molecular weight excluding hydrogens is 318 g/mol. The summed E-state index contributed by atoms with van der Waals surface area (Å²) < 4.78 is 11.5. The molecule has 0 bridgehead atoms. The van der Waals surface area contributed by atoms with E-state index in [0.717, 1.165) is 35.3 Å². The van der Waals surface area contributed by atoms with Crippen LogP contribution in [0.4, 0.5) is 0 Å². The van der Waals surface area contributed by atoms with Crippen molar-refractivity contribution in [1.29, 1.82) is 0 Å². The fourth-order valence-electron chi connectivity index (χ4n) is 4.70. The number of hydrogen-bond donors (Lipinski definition) is 1. The van der Waals surface area contributed by atoms with Gasteiger partial charge in [0.2, 0.25) is 0 Å². The van der Waals surface area contributed by atoms with Crippen molar-refractivity contribution >= 4 is 16.9 Å². The molecule has 0 radical (unpaired) electrons. The minimum Gasteiger partial charge on any atom is -0.493 e. The first-order chi connectivity index (χ1) is 12.1. The van der Waals surface area contributed by atoms with E-state index in [0.29, 0.717) is 13.1 Å². The second kappa shape index (κ2) is 6.37. The van der Waals surface area contributed by atoms with Crippen LogP contribution in [0.5, 0.6) is 5.75 Å². The summed E-state index contributed by atoms with van der Waals surface area (Å²) in [6.45, 7) is 1.28. The van der Waals surface area contributed by atoms with Gasteiger partial charge < -0.3 is 14.3 Å². The monoisotopic (exact) mass is 343 g/mol. The van der Waals surface area contributed by atoms with Crippen molar-refractivity contribution in [2.45, 2.75) is 50.6 Å². The van der Waals surface area contributed by atoms with Crippen LogP contribution < -0.4 is 4.74 Å². The standard InChI is InChI=1S/C20H25NO4/c1-24-17-6-4-5-14-11-16(25-18(14)17)13-21-12-15(19(22)23)7-10-20(21)8-2-3-9-20/h4-6,11,15H,2-3,7-10,12-13H2,1H3,(H,22,23). The van der Waals surface area contributed by atoms with Gasteiger partial charge in [-0.3, -0.25) is 9.69 Å². The van der Waals surface area contributed by atoms with Crippen LogP contribution in [0.1, 0.15) is 44.3 Å². The highest BCUT2D eigenvalue weighted by Gasteiger charge is 2.45. The highest BCUT2D eigenvalue weighted by Crippen LogP contribution is 2.44. The topological polar surface area (TPSA) is 62.9 Å². The van der Waals surface area contributed by atoms with E-state index in [1.165, 1.54) is 25.7 Å². The summed E-state index contributed by atoms with van der Waals surface area (Å²) >= 11 is 0. The van der Waals surface area contributed by atoms with E-state index in [1.54, 1.807) is 7.11 Å². The first-order valence-corrected chi connectivity index (χ1v) is 9.15. The van der Waals surface area contributed by atoms with Gasteiger partial charge in [-0.15, -0.1) is 0 Å². The number of carboxylic acid groups (broad SMARTS) is 1. The minimum atomic E-state index is -0.677. The van der Waals surface area contributed by atoms with Gasteiger partial charge in [-0.1, -0.05) is 25.0 Å². The number of likely N-dealkylation sites (tertiary alicyclic amines) is 1. The molecule has 1 N–H and O–H groups in total. The number of benzene rings is 1. The van der Waals surface area contributed by atoms with E-state index in [9.17, 15) is 9.90 Å². The molecule has 1 aromatic heterocycles. The van der Waals surface area contributed by atoms with Crippen LogP contribution in [0.2, 0.25) is 0 Å². The number of furan rings is 1. The van der Waals surface area contributed by atoms with E-state index in [4.69, 9.17) is 9.15 Å². The molecule has 1 saturated carbocycles. The molecule has 1 saturated heterocycles. The molecule has 5 nitrogen and oxygen atoms in total. The summed E-state index contributed by atoms with van der Waals surface area (Å²) in [5.41, 5.74) is 0.932. The van der Waals surface area contributed by atoms with Gasteiger partial charge in [0.1, 0.15) is 5.76 Å². The number of methoxy groups -OCH3 is 1. The van der Waals surface area contributed by atoms with Crippen LogP contribution in [0.3, 0.4) is 0 Å². The number of rotatable bonds is 4. The maximum atomic E-state index is 11.5. The van der Waals surface area contributed by atoms with Gasteiger partial charge in [0.25, 0.3) is 0 Å². The van der Waals surface area contributed by atoms with E-state index in [2.05, 4.69) is 11.0 Å². The SMILES string of the molecule is COc1cccc2cc(CN3CC(C(=O)O)CCC34CCCC4)oc12. The molecule has 2 aliphatic rings. The molecule has 2 fully saturated rings. The third-order valence-corrected chi connectivity index (χ3v) is 6.08. The number of fused-ring (bicyclic) bond motifs is 1. The first kappa shape index (κ1) is 16.5. The Hall–Kier alpha value is -2.01. The number of carbonyl (C=O) groups is 1. The summed E-state index contributed by atoms with van der Waals surface area (Å²) in [6.07, 6.45) is 6.59. The highest BCUT2D eigenvalue weighted by molar-refractivity contribution is 5.83. The van der Waals surface area contributed by atoms with Crippen LogP contribution in [0.25, 0.3) is 11.0 Å². The largest absolute Gasteiger partial charge is 0.493 e. The van der Waals surface area contributed by atoms with Crippen LogP contribution in [-0.4, -0.2) is 35.2 Å². The van der Waals surface area contributed by atoms with Gasteiger partial charge in [-0.2, -0.15) is 0 Å². The van der Waals surface area contributed by atoms with E-state index in [1.807, 2.05) is 18.2 Å². The molecule has 25 heavy (non-hydrogen) atoms. The van der Waals surface area contributed by atoms with Gasteiger partial charge >= 0.3 is 5.97 Å². The smallest absolute Gasteiger partial charge is 0.307 e. The van der Waals surface area contributed by atoms with Crippen molar-refractivity contribution in [1.82, 2.24) is 4.90 Å². The Balaban J connectivity index is 1.63. The Morgan fingerprint density at radius 3 is 2.88 bits per heavy atom. The lowest BCUT2D eigenvalue weighted by molar-refractivity contribution is -0.146. The molecule has 1 unspecified atom stereocenters. The molecule has 1 aliphatic carbocycles. The van der Waals surface area contributed by atoms with Gasteiger partial charge in [0.05, 0.1) is 19.6 Å². The molecule has 134 valence electrons. The Morgan fingerprint density at radius 2 is 2.16 bits per heavy atom. The van der Waals surface area contributed by atoms with Gasteiger partial charge in [0.15, 0.2) is 11.3 Å². The van der Waals surface area contributed by atoms with Crippen molar-refractivity contribution in [3.8, 4) is 5.75 Å². The van der Waals surface area contributed by atoms with Crippen LogP contribution in [0.15, 0.2) is 28.7 Å². The van der Waals surface area contributed by atoms with Crippen molar-refractivity contribution in [2.24, 2.45) is 5.92 Å². The highest BCUT2D eigenvalue weighted by atomic mass is 16.5. The van der Waals surface area contributed by atoms with E-state index < -0.39 is 5.97 Å². The Bertz CT molecular complexity index is 775. The van der Waals surface area contributed by atoms with Crippen molar-refractivity contribution in [3.63, 3.8) is 0 Å². The zero-order valence-electron chi connectivity index (χ0n) is 14.7. The van der Waals surface area contributed by atoms with Gasteiger partial charge in [-0.25, -0.2) is 0 Å². The van der Waals surface area contributed by atoms with Gasteiger partial charge in [-0.05, 0) is 37.8 Å². The fourth-order valence-corrected chi connectivity index (χ4v) is 4.70. The number of aliphatic carboxylic acids is 1.